The van der Waals surface area contributed by atoms with Crippen LogP contribution in [0.3, 0.4) is 0 Å². The van der Waals surface area contributed by atoms with E-state index >= 15 is 0 Å². The molecule has 3 aliphatic carbocycles. The van der Waals surface area contributed by atoms with Crippen LogP contribution in [0.2, 0.25) is 0 Å². The van der Waals surface area contributed by atoms with E-state index in [1.165, 1.54) is 0 Å². The zero-order valence-corrected chi connectivity index (χ0v) is 17.0. The van der Waals surface area contributed by atoms with Crippen LogP contribution in [0.25, 0.3) is 0 Å². The van der Waals surface area contributed by atoms with Gasteiger partial charge in [0.2, 0.25) is 0 Å². The van der Waals surface area contributed by atoms with Crippen molar-refractivity contribution < 1.29 is 19.7 Å². The lowest BCUT2D eigenvalue weighted by molar-refractivity contribution is -0.162. The first-order valence-corrected chi connectivity index (χ1v) is 11.1. The Balaban J connectivity index is 1.61. The van der Waals surface area contributed by atoms with Crippen LogP contribution >= 0.6 is 0 Å². The number of rotatable bonds is 1. The van der Waals surface area contributed by atoms with E-state index in [9.17, 15) is 15.0 Å². The van der Waals surface area contributed by atoms with Crippen molar-refractivity contribution in [2.24, 2.45) is 29.1 Å². The molecule has 0 aromatic rings. The van der Waals surface area contributed by atoms with Crippen LogP contribution in [-0.2, 0) is 9.53 Å². The van der Waals surface area contributed by atoms with E-state index in [4.69, 9.17) is 4.74 Å². The molecule has 4 nitrogen and oxygen atoms in total. The summed E-state index contributed by atoms with van der Waals surface area (Å²) in [6.45, 7) is 4.87. The second-order valence-corrected chi connectivity index (χ2v) is 10.1. The van der Waals surface area contributed by atoms with Crippen LogP contribution in [0.1, 0.15) is 78.1 Å². The summed E-state index contributed by atoms with van der Waals surface area (Å²) in [6, 6.07) is 0. The molecule has 1 aliphatic heterocycles. The molecule has 0 bridgehead atoms. The van der Waals surface area contributed by atoms with E-state index in [0.717, 1.165) is 69.8 Å². The second-order valence-electron chi connectivity index (χ2n) is 10.1. The maximum atomic E-state index is 12.2. The summed E-state index contributed by atoms with van der Waals surface area (Å²) >= 11 is 0. The van der Waals surface area contributed by atoms with Crippen molar-refractivity contribution in [2.45, 2.75) is 89.8 Å². The van der Waals surface area contributed by atoms with Gasteiger partial charge in [0.25, 0.3) is 0 Å². The van der Waals surface area contributed by atoms with Gasteiger partial charge in [-0.05, 0) is 81.1 Å². The van der Waals surface area contributed by atoms with Gasteiger partial charge < -0.3 is 14.9 Å². The molecule has 4 heteroatoms. The molecule has 152 valence electrons. The molecule has 0 spiro atoms. The van der Waals surface area contributed by atoms with E-state index < -0.39 is 5.60 Å². The van der Waals surface area contributed by atoms with Crippen LogP contribution in [0, 0.1) is 29.1 Å². The maximum Gasteiger partial charge on any atom is 0.334 e. The number of hydrogen-bond donors (Lipinski definition) is 2. The molecular weight excluding hydrogens is 340 g/mol. The van der Waals surface area contributed by atoms with Gasteiger partial charge in [0, 0.05) is 11.0 Å². The highest BCUT2D eigenvalue weighted by atomic mass is 16.5. The number of carbonyl (C=O) groups excluding carboxylic acids is 1. The fraction of sp³-hybridized carbons (Fsp3) is 0.870. The fourth-order valence-corrected chi connectivity index (χ4v) is 7.10. The smallest absolute Gasteiger partial charge is 0.334 e. The number of ether oxygens (including phenoxy) is 1. The number of hydrogen-bond acceptors (Lipinski definition) is 4. The molecule has 0 radical (unpaired) electrons. The maximum absolute atomic E-state index is 12.2. The monoisotopic (exact) mass is 376 g/mol. The molecule has 27 heavy (non-hydrogen) atoms. The summed E-state index contributed by atoms with van der Waals surface area (Å²) in [7, 11) is 0. The topological polar surface area (TPSA) is 66.8 Å². The van der Waals surface area contributed by atoms with Crippen molar-refractivity contribution in [3.05, 3.63) is 11.6 Å². The summed E-state index contributed by atoms with van der Waals surface area (Å²) in [5, 5.41) is 22.3. The number of fused-ring (bicyclic) bond motifs is 3. The highest BCUT2D eigenvalue weighted by Crippen LogP contribution is 2.64. The number of esters is 1. The molecule has 2 N–H and O–H groups in total. The van der Waals surface area contributed by atoms with E-state index in [-0.39, 0.29) is 23.4 Å². The second kappa shape index (κ2) is 7.18. The van der Waals surface area contributed by atoms with Gasteiger partial charge in [-0.2, -0.15) is 0 Å². The predicted octanol–water partition coefficient (Wildman–Crippen LogP) is 3.99. The molecule has 3 saturated carbocycles. The average Bonchev–Trinajstić information content (AvgIpc) is 3.14. The van der Waals surface area contributed by atoms with E-state index in [1.807, 2.05) is 6.08 Å². The zero-order chi connectivity index (χ0) is 19.2. The van der Waals surface area contributed by atoms with Crippen molar-refractivity contribution in [1.82, 2.24) is 0 Å². The Hall–Kier alpha value is -0.870. The van der Waals surface area contributed by atoms with Crippen molar-refractivity contribution in [3.8, 4) is 0 Å². The Morgan fingerprint density at radius 1 is 1.11 bits per heavy atom. The lowest BCUT2D eigenvalue weighted by Crippen LogP contribution is -2.56. The summed E-state index contributed by atoms with van der Waals surface area (Å²) in [4.78, 5) is 12.2. The lowest BCUT2D eigenvalue weighted by atomic mass is 9.53. The number of aliphatic hydroxyl groups is 2. The highest BCUT2D eigenvalue weighted by Gasteiger charge is 2.64. The van der Waals surface area contributed by atoms with Crippen LogP contribution in [-0.4, -0.2) is 34.5 Å². The quantitative estimate of drug-likeness (QED) is 0.679. The normalized spacial score (nSPS) is 48.4. The Morgan fingerprint density at radius 3 is 2.67 bits per heavy atom. The molecule has 0 saturated heterocycles. The minimum atomic E-state index is -0.679. The molecule has 1 heterocycles. The molecule has 3 fully saturated rings. The summed E-state index contributed by atoms with van der Waals surface area (Å²) < 4.78 is 5.20. The molecule has 4 rings (SSSR count). The van der Waals surface area contributed by atoms with Gasteiger partial charge in [0.05, 0.1) is 11.7 Å². The van der Waals surface area contributed by atoms with Gasteiger partial charge >= 0.3 is 5.97 Å². The predicted molar refractivity (Wildman–Crippen MR) is 104 cm³/mol. The zero-order valence-electron chi connectivity index (χ0n) is 17.0. The third-order valence-corrected chi connectivity index (χ3v) is 8.68. The van der Waals surface area contributed by atoms with Gasteiger partial charge in [-0.1, -0.05) is 26.7 Å². The largest absolute Gasteiger partial charge is 0.458 e. The van der Waals surface area contributed by atoms with Gasteiger partial charge in [0.15, 0.2) is 0 Å². The Bertz CT molecular complexity index is 613. The number of cyclic esters (lactones) is 1. The van der Waals surface area contributed by atoms with Gasteiger partial charge in [-0.3, -0.25) is 0 Å². The van der Waals surface area contributed by atoms with E-state index in [0.29, 0.717) is 24.4 Å². The summed E-state index contributed by atoms with van der Waals surface area (Å²) in [5.74, 6) is 1.33. The first-order chi connectivity index (χ1) is 12.8. The number of aliphatic hydroxyl groups excluding tert-OH is 1. The first-order valence-electron chi connectivity index (χ1n) is 11.1. The van der Waals surface area contributed by atoms with E-state index in [2.05, 4.69) is 13.8 Å². The average molecular weight is 377 g/mol. The van der Waals surface area contributed by atoms with Crippen LogP contribution in [0.5, 0.6) is 0 Å². The Labute approximate surface area is 163 Å². The summed E-state index contributed by atoms with van der Waals surface area (Å²) in [5.41, 5.74) is -0.0823. The minimum absolute atomic E-state index is 0.133. The van der Waals surface area contributed by atoms with Gasteiger partial charge in [-0.15, -0.1) is 0 Å². The van der Waals surface area contributed by atoms with Crippen LogP contribution in [0.15, 0.2) is 11.6 Å². The molecule has 4 aliphatic rings. The molecule has 7 atom stereocenters. The number of carbonyl (C=O) groups is 1. The molecule has 0 amide bonds. The minimum Gasteiger partial charge on any atom is -0.458 e. The summed E-state index contributed by atoms with van der Waals surface area (Å²) in [6.07, 6.45) is 11.7. The first kappa shape index (κ1) is 19.4. The molecule has 0 aromatic heterocycles. The van der Waals surface area contributed by atoms with Crippen molar-refractivity contribution in [1.29, 1.82) is 0 Å². The van der Waals surface area contributed by atoms with Crippen LogP contribution in [0.4, 0.5) is 0 Å². The molecular formula is C23H36O4. The van der Waals surface area contributed by atoms with Gasteiger partial charge in [-0.25, -0.2) is 4.79 Å². The molecule has 0 aromatic carbocycles. The van der Waals surface area contributed by atoms with Crippen LogP contribution < -0.4 is 0 Å². The fourth-order valence-electron chi connectivity index (χ4n) is 7.10. The lowest BCUT2D eigenvalue weighted by Gasteiger charge is -2.55. The van der Waals surface area contributed by atoms with Crippen molar-refractivity contribution in [3.63, 3.8) is 0 Å². The van der Waals surface area contributed by atoms with Crippen molar-refractivity contribution in [2.75, 3.05) is 6.61 Å². The van der Waals surface area contributed by atoms with Gasteiger partial charge in [0.1, 0.15) is 6.61 Å². The van der Waals surface area contributed by atoms with Crippen molar-refractivity contribution >= 4 is 5.97 Å². The third-order valence-electron chi connectivity index (χ3n) is 8.68. The Kier molecular flexibility index (Phi) is 5.17. The molecule has 7 unspecified atom stereocenters. The van der Waals surface area contributed by atoms with E-state index in [1.54, 1.807) is 0 Å². The SMILES string of the molecule is CC1CCC2C(CCCC(O)C1)CCC1(C)C(C3=CCOC3=O)CCC21O. The standard InChI is InChI=1S/C23H36O4/c1-15-6-7-19-16(4-3-5-17(24)14-15)8-11-22(2)20(9-12-23(19,22)26)18-10-13-27-21(18)25/h10,15-17,19-20,24,26H,3-9,11-14H2,1-2H3. The third kappa shape index (κ3) is 3.17. The highest BCUT2D eigenvalue weighted by molar-refractivity contribution is 5.91. The Morgan fingerprint density at radius 2 is 1.93 bits per heavy atom.